The van der Waals surface area contributed by atoms with Crippen molar-refractivity contribution in [2.45, 2.75) is 19.9 Å². The van der Waals surface area contributed by atoms with Gasteiger partial charge in [0.25, 0.3) is 0 Å². The van der Waals surface area contributed by atoms with Crippen LogP contribution in [0, 0.1) is 0 Å². The minimum Gasteiger partial charge on any atom is -0.465 e. The number of hydrogen-bond acceptors (Lipinski definition) is 4. The van der Waals surface area contributed by atoms with Gasteiger partial charge in [0.05, 0.1) is 24.9 Å². The molecule has 7 heteroatoms. The Morgan fingerprint density at radius 3 is 2.62 bits per heavy atom. The molecule has 0 saturated carbocycles. The Bertz CT molecular complexity index is 523. The van der Waals surface area contributed by atoms with E-state index >= 15 is 0 Å². The molecule has 0 aliphatic rings. The molecular formula is C14H18Br2N2O3. The minimum atomic E-state index is -0.454. The number of benzene rings is 1. The molecule has 21 heavy (non-hydrogen) atoms. The monoisotopic (exact) mass is 420 g/mol. The molecule has 1 aromatic rings. The Labute approximate surface area is 141 Å². The summed E-state index contributed by atoms with van der Waals surface area (Å²) in [6, 6.07) is 5.03. The van der Waals surface area contributed by atoms with Gasteiger partial charge in [0.15, 0.2) is 0 Å². The smallest absolute Gasteiger partial charge is 0.320 e. The number of nitrogens with zero attached hydrogens (tertiary/aromatic N) is 1. The second kappa shape index (κ2) is 8.51. The van der Waals surface area contributed by atoms with Gasteiger partial charge < -0.3 is 10.1 Å². The van der Waals surface area contributed by atoms with Gasteiger partial charge in [-0.05, 0) is 55.0 Å². The van der Waals surface area contributed by atoms with E-state index in [1.54, 1.807) is 31.9 Å². The number of rotatable bonds is 6. The summed E-state index contributed by atoms with van der Waals surface area (Å²) in [7, 11) is 1.71. The van der Waals surface area contributed by atoms with Crippen LogP contribution in [0.25, 0.3) is 0 Å². The van der Waals surface area contributed by atoms with Gasteiger partial charge in [0, 0.05) is 8.95 Å². The molecule has 1 N–H and O–H groups in total. The van der Waals surface area contributed by atoms with Crippen LogP contribution in [0.15, 0.2) is 27.1 Å². The third kappa shape index (κ3) is 5.76. The van der Waals surface area contributed by atoms with Crippen LogP contribution in [0.4, 0.5) is 5.69 Å². The van der Waals surface area contributed by atoms with Crippen LogP contribution in [-0.4, -0.2) is 43.0 Å². The van der Waals surface area contributed by atoms with Crippen LogP contribution in [0.2, 0.25) is 0 Å². The Balaban J connectivity index is 2.63. The van der Waals surface area contributed by atoms with E-state index in [1.165, 1.54) is 0 Å². The molecule has 0 aliphatic heterocycles. The lowest BCUT2D eigenvalue weighted by atomic mass is 10.2. The van der Waals surface area contributed by atoms with E-state index in [4.69, 9.17) is 4.74 Å². The molecule has 0 aliphatic carbocycles. The summed E-state index contributed by atoms with van der Waals surface area (Å²) in [5.41, 5.74) is 0.680. The number of esters is 1. The Morgan fingerprint density at radius 2 is 2.05 bits per heavy atom. The predicted molar refractivity (Wildman–Crippen MR) is 89.2 cm³/mol. The minimum absolute atomic E-state index is 0.0733. The van der Waals surface area contributed by atoms with Crippen LogP contribution >= 0.6 is 31.9 Å². The van der Waals surface area contributed by atoms with Gasteiger partial charge in [0.1, 0.15) is 0 Å². The van der Waals surface area contributed by atoms with Crippen LogP contribution in [0.1, 0.15) is 13.8 Å². The first-order chi connectivity index (χ1) is 9.85. The standard InChI is InChI=1S/C14H18Br2N2O3/c1-4-21-13(19)8-18(3)9(2)14(20)17-12-6-5-10(15)7-11(12)16/h5-7,9H,4,8H2,1-3H3,(H,17,20). The lowest BCUT2D eigenvalue weighted by Crippen LogP contribution is -2.42. The van der Waals surface area contributed by atoms with E-state index in [2.05, 4.69) is 37.2 Å². The van der Waals surface area contributed by atoms with Crippen molar-refractivity contribution in [1.82, 2.24) is 4.90 Å². The fourth-order valence-electron chi connectivity index (χ4n) is 1.58. The van der Waals surface area contributed by atoms with Crippen molar-refractivity contribution in [2.24, 2.45) is 0 Å². The summed E-state index contributed by atoms with van der Waals surface area (Å²) >= 11 is 6.74. The van der Waals surface area contributed by atoms with Gasteiger partial charge in [-0.2, -0.15) is 0 Å². The predicted octanol–water partition coefficient (Wildman–Crippen LogP) is 3.03. The number of anilines is 1. The van der Waals surface area contributed by atoms with Crippen molar-refractivity contribution >= 4 is 49.4 Å². The fraction of sp³-hybridized carbons (Fsp3) is 0.429. The number of ether oxygens (including phenoxy) is 1. The molecular weight excluding hydrogens is 404 g/mol. The molecule has 1 amide bonds. The molecule has 1 rings (SSSR count). The third-order valence-corrected chi connectivity index (χ3v) is 4.06. The molecule has 0 saturated heterocycles. The van der Waals surface area contributed by atoms with E-state index in [0.29, 0.717) is 12.3 Å². The Hall–Kier alpha value is -0.920. The summed E-state index contributed by atoms with van der Waals surface area (Å²) in [5, 5.41) is 2.82. The Morgan fingerprint density at radius 1 is 1.38 bits per heavy atom. The molecule has 0 fully saturated rings. The molecule has 1 aromatic carbocycles. The lowest BCUT2D eigenvalue weighted by molar-refractivity contribution is -0.144. The zero-order valence-electron chi connectivity index (χ0n) is 12.2. The van der Waals surface area contributed by atoms with Crippen molar-refractivity contribution < 1.29 is 14.3 Å². The van der Waals surface area contributed by atoms with Crippen LogP contribution in [0.3, 0.4) is 0 Å². The Kier molecular flexibility index (Phi) is 7.34. The van der Waals surface area contributed by atoms with E-state index in [-0.39, 0.29) is 18.4 Å². The normalized spacial score (nSPS) is 12.1. The maximum absolute atomic E-state index is 12.2. The summed E-state index contributed by atoms with van der Waals surface area (Å²) in [6.07, 6.45) is 0. The van der Waals surface area contributed by atoms with Gasteiger partial charge >= 0.3 is 5.97 Å². The summed E-state index contributed by atoms with van der Waals surface area (Å²) in [4.78, 5) is 25.3. The van der Waals surface area contributed by atoms with Crippen LogP contribution < -0.4 is 5.32 Å². The molecule has 0 aromatic heterocycles. The number of carbonyl (C=O) groups excluding carboxylic acids is 2. The SMILES string of the molecule is CCOC(=O)CN(C)C(C)C(=O)Nc1ccc(Br)cc1Br. The number of halogens is 2. The number of likely N-dealkylation sites (N-methyl/N-ethyl adjacent to an activating group) is 1. The van der Waals surface area contributed by atoms with Crippen LogP contribution in [-0.2, 0) is 14.3 Å². The zero-order valence-corrected chi connectivity index (χ0v) is 15.3. The first kappa shape index (κ1) is 18.1. The molecule has 0 radical (unpaired) electrons. The fourth-order valence-corrected chi connectivity index (χ4v) is 2.72. The van der Waals surface area contributed by atoms with Crippen molar-refractivity contribution in [3.05, 3.63) is 27.1 Å². The second-order valence-electron chi connectivity index (χ2n) is 4.51. The highest BCUT2D eigenvalue weighted by Gasteiger charge is 2.21. The molecule has 1 unspecified atom stereocenters. The van der Waals surface area contributed by atoms with Crippen molar-refractivity contribution in [1.29, 1.82) is 0 Å². The van der Waals surface area contributed by atoms with Crippen molar-refractivity contribution in [3.8, 4) is 0 Å². The highest BCUT2D eigenvalue weighted by atomic mass is 79.9. The number of nitrogens with one attached hydrogen (secondary N) is 1. The van der Waals surface area contributed by atoms with Gasteiger partial charge in [0.2, 0.25) is 5.91 Å². The van der Waals surface area contributed by atoms with E-state index in [9.17, 15) is 9.59 Å². The number of carbonyl (C=O) groups is 2. The first-order valence-electron chi connectivity index (χ1n) is 6.47. The molecule has 0 bridgehead atoms. The maximum Gasteiger partial charge on any atom is 0.320 e. The van der Waals surface area contributed by atoms with Crippen molar-refractivity contribution in [2.75, 3.05) is 25.5 Å². The molecule has 5 nitrogen and oxygen atoms in total. The average molecular weight is 422 g/mol. The maximum atomic E-state index is 12.2. The van der Waals surface area contributed by atoms with Crippen molar-refractivity contribution in [3.63, 3.8) is 0 Å². The highest BCUT2D eigenvalue weighted by Crippen LogP contribution is 2.26. The largest absolute Gasteiger partial charge is 0.465 e. The van der Waals surface area contributed by atoms with Gasteiger partial charge in [-0.15, -0.1) is 0 Å². The topological polar surface area (TPSA) is 58.6 Å². The van der Waals surface area contributed by atoms with Gasteiger partial charge in [-0.25, -0.2) is 0 Å². The quantitative estimate of drug-likeness (QED) is 0.717. The molecule has 116 valence electrons. The molecule has 0 spiro atoms. The second-order valence-corrected chi connectivity index (χ2v) is 6.28. The third-order valence-electron chi connectivity index (χ3n) is 2.91. The first-order valence-corrected chi connectivity index (χ1v) is 8.05. The lowest BCUT2D eigenvalue weighted by Gasteiger charge is -2.23. The van der Waals surface area contributed by atoms with Crippen LogP contribution in [0.5, 0.6) is 0 Å². The zero-order chi connectivity index (χ0) is 16.0. The van der Waals surface area contributed by atoms with E-state index in [1.807, 2.05) is 12.1 Å². The summed E-state index contributed by atoms with van der Waals surface area (Å²) in [5.74, 6) is -0.533. The van der Waals surface area contributed by atoms with E-state index in [0.717, 1.165) is 8.95 Å². The number of amides is 1. The average Bonchev–Trinajstić information content (AvgIpc) is 2.41. The summed E-state index contributed by atoms with van der Waals surface area (Å²) in [6.45, 7) is 3.89. The number of hydrogen-bond donors (Lipinski definition) is 1. The molecule has 1 atom stereocenters. The highest BCUT2D eigenvalue weighted by molar-refractivity contribution is 9.11. The summed E-state index contributed by atoms with van der Waals surface area (Å²) < 4.78 is 6.57. The van der Waals surface area contributed by atoms with Gasteiger partial charge in [-0.1, -0.05) is 15.9 Å². The molecule has 0 heterocycles. The van der Waals surface area contributed by atoms with E-state index < -0.39 is 6.04 Å². The van der Waals surface area contributed by atoms with Gasteiger partial charge in [-0.3, -0.25) is 14.5 Å².